The van der Waals surface area contributed by atoms with Gasteiger partial charge in [0, 0.05) is 16.5 Å². The van der Waals surface area contributed by atoms with Gasteiger partial charge < -0.3 is 10.5 Å². The number of hydrogen-bond donors (Lipinski definition) is 1. The van der Waals surface area contributed by atoms with E-state index in [4.69, 9.17) is 15.5 Å². The highest BCUT2D eigenvalue weighted by atomic mass is 32.1. The maximum atomic E-state index is 6.07. The van der Waals surface area contributed by atoms with Crippen LogP contribution >= 0.6 is 11.3 Å². The Morgan fingerprint density at radius 1 is 1.09 bits per heavy atom. The molecule has 1 heterocycles. The van der Waals surface area contributed by atoms with Gasteiger partial charge in [0.25, 0.3) is 0 Å². The van der Waals surface area contributed by atoms with Crippen LogP contribution in [0.4, 0.5) is 5.69 Å². The predicted molar refractivity (Wildman–Crippen MR) is 93.2 cm³/mol. The van der Waals surface area contributed by atoms with Crippen LogP contribution in [0.5, 0.6) is 5.75 Å². The normalized spacial score (nSPS) is 10.6. The van der Waals surface area contributed by atoms with Crippen molar-refractivity contribution in [3.63, 3.8) is 0 Å². The van der Waals surface area contributed by atoms with Crippen LogP contribution in [0, 0.1) is 0 Å². The molecule has 4 heteroatoms. The lowest BCUT2D eigenvalue weighted by Crippen LogP contribution is -1.99. The molecule has 3 nitrogen and oxygen atoms in total. The maximum Gasteiger partial charge on any atom is 0.142 e. The second-order valence-electron chi connectivity index (χ2n) is 5.00. The molecule has 0 aliphatic rings. The lowest BCUT2D eigenvalue weighted by Gasteiger charge is -2.08. The third-order valence-electron chi connectivity index (χ3n) is 3.29. The van der Waals surface area contributed by atoms with E-state index in [2.05, 4.69) is 24.4 Å². The highest BCUT2D eigenvalue weighted by Gasteiger charge is 2.08. The summed E-state index contributed by atoms with van der Waals surface area (Å²) < 4.78 is 5.61. The van der Waals surface area contributed by atoms with Crippen LogP contribution in [-0.4, -0.2) is 11.6 Å². The number of nitrogens with zero attached hydrogens (tertiary/aromatic N) is 1. The summed E-state index contributed by atoms with van der Waals surface area (Å²) in [6.07, 6.45) is 0.966. The molecular weight excluding hydrogens is 292 g/mol. The van der Waals surface area contributed by atoms with Crippen molar-refractivity contribution in [2.24, 2.45) is 0 Å². The van der Waals surface area contributed by atoms with Gasteiger partial charge in [0.1, 0.15) is 10.8 Å². The van der Waals surface area contributed by atoms with Crippen molar-refractivity contribution in [3.8, 4) is 27.6 Å². The predicted octanol–water partition coefficient (Wildman–Crippen LogP) is 4.85. The minimum Gasteiger partial charge on any atom is -0.491 e. The fourth-order valence-electron chi connectivity index (χ4n) is 2.17. The van der Waals surface area contributed by atoms with Gasteiger partial charge in [-0.3, -0.25) is 0 Å². The topological polar surface area (TPSA) is 48.1 Å². The molecule has 0 aliphatic heterocycles. The molecule has 0 radical (unpaired) electrons. The third-order valence-corrected chi connectivity index (χ3v) is 4.18. The third kappa shape index (κ3) is 3.12. The molecule has 0 aliphatic carbocycles. The summed E-state index contributed by atoms with van der Waals surface area (Å²) in [5, 5.41) is 3.07. The Balaban J connectivity index is 1.86. The summed E-state index contributed by atoms with van der Waals surface area (Å²) in [6.45, 7) is 2.75. The van der Waals surface area contributed by atoms with Gasteiger partial charge in [-0.05, 0) is 24.6 Å². The van der Waals surface area contributed by atoms with Crippen molar-refractivity contribution in [1.82, 2.24) is 4.98 Å². The van der Waals surface area contributed by atoms with E-state index in [1.807, 2.05) is 36.4 Å². The van der Waals surface area contributed by atoms with Crippen LogP contribution < -0.4 is 10.5 Å². The summed E-state index contributed by atoms with van der Waals surface area (Å²) in [7, 11) is 0. The number of anilines is 1. The molecule has 22 heavy (non-hydrogen) atoms. The Hall–Kier alpha value is -2.33. The highest BCUT2D eigenvalue weighted by Crippen LogP contribution is 2.32. The van der Waals surface area contributed by atoms with E-state index in [0.29, 0.717) is 12.3 Å². The minimum absolute atomic E-state index is 0.653. The van der Waals surface area contributed by atoms with E-state index in [0.717, 1.165) is 34.0 Å². The Morgan fingerprint density at radius 3 is 2.64 bits per heavy atom. The molecule has 3 aromatic rings. The Kier molecular flexibility index (Phi) is 4.39. The van der Waals surface area contributed by atoms with Crippen LogP contribution in [0.2, 0.25) is 0 Å². The number of ether oxygens (including phenoxy) is 1. The van der Waals surface area contributed by atoms with E-state index < -0.39 is 0 Å². The molecule has 2 N–H and O–H groups in total. The number of hydrogen-bond acceptors (Lipinski definition) is 4. The molecule has 0 bridgehead atoms. The largest absolute Gasteiger partial charge is 0.491 e. The standard InChI is InChI=1S/C18H18N2OS/c1-2-10-21-17-9-8-14(11-15(17)19)16-12-22-18(20-16)13-6-4-3-5-7-13/h3-9,11-12H,2,10,19H2,1H3. The number of aromatic nitrogens is 1. The second-order valence-corrected chi connectivity index (χ2v) is 5.86. The van der Waals surface area contributed by atoms with Crippen LogP contribution in [0.3, 0.4) is 0 Å². The van der Waals surface area contributed by atoms with E-state index in [1.54, 1.807) is 11.3 Å². The summed E-state index contributed by atoms with van der Waals surface area (Å²) in [4.78, 5) is 4.71. The number of thiazole rings is 1. The molecule has 0 unspecified atom stereocenters. The van der Waals surface area contributed by atoms with E-state index in [9.17, 15) is 0 Å². The molecule has 1 aromatic heterocycles. The monoisotopic (exact) mass is 310 g/mol. The number of nitrogens with two attached hydrogens (primary N) is 1. The van der Waals surface area contributed by atoms with Gasteiger partial charge in [-0.15, -0.1) is 11.3 Å². The van der Waals surface area contributed by atoms with E-state index >= 15 is 0 Å². The van der Waals surface area contributed by atoms with Crippen molar-refractivity contribution in [3.05, 3.63) is 53.9 Å². The van der Waals surface area contributed by atoms with Gasteiger partial charge in [-0.2, -0.15) is 0 Å². The van der Waals surface area contributed by atoms with Crippen molar-refractivity contribution in [1.29, 1.82) is 0 Å². The van der Waals surface area contributed by atoms with Crippen molar-refractivity contribution >= 4 is 17.0 Å². The Morgan fingerprint density at radius 2 is 1.91 bits per heavy atom. The fraction of sp³-hybridized carbons (Fsp3) is 0.167. The first-order chi connectivity index (χ1) is 10.8. The molecular formula is C18H18N2OS. The molecule has 0 saturated carbocycles. The minimum atomic E-state index is 0.653. The van der Waals surface area contributed by atoms with Crippen molar-refractivity contribution in [2.45, 2.75) is 13.3 Å². The molecule has 0 amide bonds. The van der Waals surface area contributed by atoms with Gasteiger partial charge in [0.2, 0.25) is 0 Å². The molecule has 2 aromatic carbocycles. The average Bonchev–Trinajstić information content (AvgIpc) is 3.04. The zero-order chi connectivity index (χ0) is 15.4. The van der Waals surface area contributed by atoms with Crippen molar-refractivity contribution in [2.75, 3.05) is 12.3 Å². The number of benzene rings is 2. The molecule has 0 saturated heterocycles. The highest BCUT2D eigenvalue weighted by molar-refractivity contribution is 7.13. The lowest BCUT2D eigenvalue weighted by atomic mass is 10.1. The second kappa shape index (κ2) is 6.62. The quantitative estimate of drug-likeness (QED) is 0.685. The molecule has 0 spiro atoms. The molecule has 0 atom stereocenters. The number of rotatable bonds is 5. The van der Waals surface area contributed by atoms with Crippen LogP contribution in [0.1, 0.15) is 13.3 Å². The Bertz CT molecular complexity index is 753. The van der Waals surface area contributed by atoms with E-state index in [1.165, 1.54) is 0 Å². The first kappa shape index (κ1) is 14.6. The average molecular weight is 310 g/mol. The molecule has 0 fully saturated rings. The zero-order valence-electron chi connectivity index (χ0n) is 12.5. The molecule has 112 valence electrons. The Labute approximate surface area is 134 Å². The smallest absolute Gasteiger partial charge is 0.142 e. The first-order valence-corrected chi connectivity index (χ1v) is 8.19. The fourth-order valence-corrected chi connectivity index (χ4v) is 3.01. The van der Waals surface area contributed by atoms with Gasteiger partial charge >= 0.3 is 0 Å². The van der Waals surface area contributed by atoms with Crippen LogP contribution in [-0.2, 0) is 0 Å². The molecule has 3 rings (SSSR count). The van der Waals surface area contributed by atoms with Gasteiger partial charge in [-0.25, -0.2) is 4.98 Å². The maximum absolute atomic E-state index is 6.07. The van der Waals surface area contributed by atoms with Gasteiger partial charge in [0.05, 0.1) is 18.0 Å². The summed E-state index contributed by atoms with van der Waals surface area (Å²) in [5.41, 5.74) is 9.81. The summed E-state index contributed by atoms with van der Waals surface area (Å²) in [6, 6.07) is 16.0. The van der Waals surface area contributed by atoms with Gasteiger partial charge in [0.15, 0.2) is 0 Å². The zero-order valence-corrected chi connectivity index (χ0v) is 13.3. The first-order valence-electron chi connectivity index (χ1n) is 7.31. The summed E-state index contributed by atoms with van der Waals surface area (Å²) in [5.74, 6) is 0.740. The van der Waals surface area contributed by atoms with Crippen molar-refractivity contribution < 1.29 is 4.74 Å². The van der Waals surface area contributed by atoms with Crippen LogP contribution in [0.25, 0.3) is 21.8 Å². The van der Waals surface area contributed by atoms with Gasteiger partial charge in [-0.1, -0.05) is 37.3 Å². The van der Waals surface area contributed by atoms with Crippen LogP contribution in [0.15, 0.2) is 53.9 Å². The SMILES string of the molecule is CCCOc1ccc(-c2csc(-c3ccccc3)n2)cc1N. The lowest BCUT2D eigenvalue weighted by molar-refractivity contribution is 0.319. The van der Waals surface area contributed by atoms with E-state index in [-0.39, 0.29) is 0 Å². The number of nitrogen functional groups attached to an aromatic ring is 1. The summed E-state index contributed by atoms with van der Waals surface area (Å²) >= 11 is 1.64.